The third kappa shape index (κ3) is 5.33. The van der Waals surface area contributed by atoms with Crippen LogP contribution in [0.2, 0.25) is 0 Å². The Bertz CT molecular complexity index is 483. The van der Waals surface area contributed by atoms with E-state index in [1.807, 2.05) is 6.92 Å². The van der Waals surface area contributed by atoms with Crippen molar-refractivity contribution in [1.29, 1.82) is 0 Å². The minimum Gasteiger partial charge on any atom is -0.350 e. The van der Waals surface area contributed by atoms with Gasteiger partial charge in [-0.05, 0) is 25.0 Å². The van der Waals surface area contributed by atoms with Crippen LogP contribution < -0.4 is 5.32 Å². The molecule has 1 unspecified atom stereocenters. The Balaban J connectivity index is 2.63. The predicted molar refractivity (Wildman–Crippen MR) is 74.6 cm³/mol. The van der Waals surface area contributed by atoms with Gasteiger partial charge in [0.25, 0.3) is 5.69 Å². The van der Waals surface area contributed by atoms with Crippen molar-refractivity contribution in [3.8, 4) is 0 Å². The maximum atomic E-state index is 11.6. The molecule has 0 aromatic heterocycles. The van der Waals surface area contributed by atoms with E-state index >= 15 is 0 Å². The molecule has 0 spiro atoms. The summed E-state index contributed by atoms with van der Waals surface area (Å²) in [6.45, 7) is 4.00. The minimum atomic E-state index is -0.458. The smallest absolute Gasteiger partial charge is 0.270 e. The summed E-state index contributed by atoms with van der Waals surface area (Å²) in [6.07, 6.45) is 4.90. The molecule has 0 radical (unpaired) electrons. The first-order chi connectivity index (χ1) is 9.02. The Morgan fingerprint density at radius 2 is 2.26 bits per heavy atom. The molecule has 19 heavy (non-hydrogen) atoms. The fraction of sp³-hybridized carbons (Fsp3) is 0.357. The highest BCUT2D eigenvalue weighted by atomic mass is 16.6. The molecule has 1 aromatic carbocycles. The highest BCUT2D eigenvalue weighted by Gasteiger charge is 2.05. The third-order valence-corrected chi connectivity index (χ3v) is 2.62. The maximum absolute atomic E-state index is 11.6. The Morgan fingerprint density at radius 3 is 2.89 bits per heavy atom. The van der Waals surface area contributed by atoms with Gasteiger partial charge in [-0.3, -0.25) is 14.9 Å². The van der Waals surface area contributed by atoms with Gasteiger partial charge in [0.15, 0.2) is 0 Å². The van der Waals surface area contributed by atoms with Crippen LogP contribution in [0.1, 0.15) is 32.3 Å². The number of benzene rings is 1. The van der Waals surface area contributed by atoms with Crippen LogP contribution in [0.25, 0.3) is 6.08 Å². The Labute approximate surface area is 112 Å². The van der Waals surface area contributed by atoms with Crippen LogP contribution in [0, 0.1) is 10.1 Å². The summed E-state index contributed by atoms with van der Waals surface area (Å²) in [7, 11) is 0. The van der Waals surface area contributed by atoms with E-state index in [4.69, 9.17) is 0 Å². The molecule has 0 saturated heterocycles. The van der Waals surface area contributed by atoms with Gasteiger partial charge in [0.05, 0.1) is 4.92 Å². The van der Waals surface area contributed by atoms with Crippen molar-refractivity contribution in [2.24, 2.45) is 0 Å². The van der Waals surface area contributed by atoms with Gasteiger partial charge in [0.2, 0.25) is 5.91 Å². The monoisotopic (exact) mass is 262 g/mol. The Hall–Kier alpha value is -2.17. The fourth-order valence-corrected chi connectivity index (χ4v) is 1.71. The van der Waals surface area contributed by atoms with Gasteiger partial charge in [-0.25, -0.2) is 0 Å². The first-order valence-corrected chi connectivity index (χ1v) is 6.26. The van der Waals surface area contributed by atoms with Crippen LogP contribution in [0.4, 0.5) is 5.69 Å². The first-order valence-electron chi connectivity index (χ1n) is 6.26. The SMILES string of the molecule is CCCC(C)NC(=O)/C=C/c1cccc([N+](=O)[O-])c1. The Kier molecular flexibility index (Phi) is 5.73. The molecule has 0 bridgehead atoms. The normalized spacial score (nSPS) is 12.3. The molecule has 1 amide bonds. The lowest BCUT2D eigenvalue weighted by molar-refractivity contribution is -0.384. The molecular formula is C14H18N2O3. The van der Waals surface area contributed by atoms with Crippen LogP contribution >= 0.6 is 0 Å². The summed E-state index contributed by atoms with van der Waals surface area (Å²) >= 11 is 0. The number of nitro benzene ring substituents is 1. The van der Waals surface area contributed by atoms with E-state index in [9.17, 15) is 14.9 Å². The van der Waals surface area contributed by atoms with E-state index in [1.165, 1.54) is 18.2 Å². The molecule has 0 aliphatic rings. The maximum Gasteiger partial charge on any atom is 0.270 e. The molecule has 102 valence electrons. The molecule has 5 heteroatoms. The standard InChI is InChI=1S/C14H18N2O3/c1-3-5-11(2)15-14(17)9-8-12-6-4-7-13(10-12)16(18)19/h4,6-11H,3,5H2,1-2H3,(H,15,17)/b9-8+. The highest BCUT2D eigenvalue weighted by Crippen LogP contribution is 2.13. The molecule has 1 N–H and O–H groups in total. The number of hydrogen-bond acceptors (Lipinski definition) is 3. The van der Waals surface area contributed by atoms with E-state index in [2.05, 4.69) is 12.2 Å². The predicted octanol–water partition coefficient (Wildman–Crippen LogP) is 2.91. The zero-order valence-corrected chi connectivity index (χ0v) is 11.1. The number of non-ortho nitro benzene ring substituents is 1. The molecule has 5 nitrogen and oxygen atoms in total. The van der Waals surface area contributed by atoms with Gasteiger partial charge in [0.1, 0.15) is 0 Å². The molecule has 1 atom stereocenters. The van der Waals surface area contributed by atoms with E-state index in [0.29, 0.717) is 5.56 Å². The van der Waals surface area contributed by atoms with E-state index in [-0.39, 0.29) is 17.6 Å². The van der Waals surface area contributed by atoms with Crippen LogP contribution in [-0.2, 0) is 4.79 Å². The average Bonchev–Trinajstić information content (AvgIpc) is 2.37. The number of carbonyl (C=O) groups is 1. The van der Waals surface area contributed by atoms with Gasteiger partial charge < -0.3 is 5.32 Å². The number of amides is 1. The second kappa shape index (κ2) is 7.31. The number of carbonyl (C=O) groups excluding carboxylic acids is 1. The number of hydrogen-bond donors (Lipinski definition) is 1. The molecule has 0 saturated carbocycles. The number of nitrogens with one attached hydrogen (secondary N) is 1. The summed E-state index contributed by atoms with van der Waals surface area (Å²) < 4.78 is 0. The number of rotatable bonds is 6. The molecule has 1 rings (SSSR count). The second-order valence-electron chi connectivity index (χ2n) is 4.38. The van der Waals surface area contributed by atoms with Gasteiger partial charge in [0, 0.05) is 24.3 Å². The van der Waals surface area contributed by atoms with Crippen molar-refractivity contribution in [3.63, 3.8) is 0 Å². The van der Waals surface area contributed by atoms with Gasteiger partial charge in [-0.2, -0.15) is 0 Å². The van der Waals surface area contributed by atoms with Crippen molar-refractivity contribution in [1.82, 2.24) is 5.32 Å². The van der Waals surface area contributed by atoms with Gasteiger partial charge in [-0.1, -0.05) is 25.5 Å². The van der Waals surface area contributed by atoms with E-state index < -0.39 is 4.92 Å². The lowest BCUT2D eigenvalue weighted by Crippen LogP contribution is -2.30. The van der Waals surface area contributed by atoms with Crippen molar-refractivity contribution in [2.45, 2.75) is 32.7 Å². The van der Waals surface area contributed by atoms with Crippen LogP contribution in [-0.4, -0.2) is 16.9 Å². The highest BCUT2D eigenvalue weighted by molar-refractivity contribution is 5.91. The third-order valence-electron chi connectivity index (χ3n) is 2.62. The molecule has 0 aliphatic carbocycles. The largest absolute Gasteiger partial charge is 0.350 e. The molecule has 0 heterocycles. The fourth-order valence-electron chi connectivity index (χ4n) is 1.71. The quantitative estimate of drug-likeness (QED) is 0.486. The average molecular weight is 262 g/mol. The molecular weight excluding hydrogens is 244 g/mol. The number of nitrogens with zero attached hydrogens (tertiary/aromatic N) is 1. The lowest BCUT2D eigenvalue weighted by atomic mass is 10.1. The molecule has 0 aliphatic heterocycles. The van der Waals surface area contributed by atoms with Crippen LogP contribution in [0.5, 0.6) is 0 Å². The molecule has 0 fully saturated rings. The van der Waals surface area contributed by atoms with E-state index in [0.717, 1.165) is 12.8 Å². The van der Waals surface area contributed by atoms with Crippen LogP contribution in [0.3, 0.4) is 0 Å². The summed E-state index contributed by atoms with van der Waals surface area (Å²) in [5, 5.41) is 13.4. The summed E-state index contributed by atoms with van der Waals surface area (Å²) in [6, 6.07) is 6.29. The summed E-state index contributed by atoms with van der Waals surface area (Å²) in [4.78, 5) is 21.7. The van der Waals surface area contributed by atoms with Crippen molar-refractivity contribution < 1.29 is 9.72 Å². The first kappa shape index (κ1) is 14.9. The zero-order chi connectivity index (χ0) is 14.3. The van der Waals surface area contributed by atoms with Crippen molar-refractivity contribution in [2.75, 3.05) is 0 Å². The number of nitro groups is 1. The van der Waals surface area contributed by atoms with Gasteiger partial charge >= 0.3 is 0 Å². The summed E-state index contributed by atoms with van der Waals surface area (Å²) in [5.41, 5.74) is 0.648. The minimum absolute atomic E-state index is 0.0157. The molecule has 1 aromatic rings. The van der Waals surface area contributed by atoms with E-state index in [1.54, 1.807) is 18.2 Å². The zero-order valence-electron chi connectivity index (χ0n) is 11.1. The summed E-state index contributed by atoms with van der Waals surface area (Å²) in [5.74, 6) is -0.188. The van der Waals surface area contributed by atoms with Crippen molar-refractivity contribution in [3.05, 3.63) is 46.0 Å². The Morgan fingerprint density at radius 1 is 1.53 bits per heavy atom. The van der Waals surface area contributed by atoms with Crippen molar-refractivity contribution >= 4 is 17.7 Å². The van der Waals surface area contributed by atoms with Crippen LogP contribution in [0.15, 0.2) is 30.3 Å². The second-order valence-corrected chi connectivity index (χ2v) is 4.38. The van der Waals surface area contributed by atoms with Gasteiger partial charge in [-0.15, -0.1) is 0 Å². The topological polar surface area (TPSA) is 72.2 Å². The lowest BCUT2D eigenvalue weighted by Gasteiger charge is -2.10.